The van der Waals surface area contributed by atoms with Gasteiger partial charge in [0, 0.05) is 12.1 Å². The molecule has 6 heteroatoms. The topological polar surface area (TPSA) is 30.5 Å². The van der Waals surface area contributed by atoms with Gasteiger partial charge in [-0.25, -0.2) is 0 Å². The standard InChI is InChI=1S/C13H14F3NO2/c1-2-18-12-8-7-11(12)17-9-3-5-10(6-4-9)19-13(14,15)16/h3-6,17H,2,7-8H2,1H3. The Labute approximate surface area is 109 Å². The van der Waals surface area contributed by atoms with E-state index < -0.39 is 6.36 Å². The summed E-state index contributed by atoms with van der Waals surface area (Å²) in [7, 11) is 0. The van der Waals surface area contributed by atoms with E-state index in [9.17, 15) is 13.2 Å². The quantitative estimate of drug-likeness (QED) is 0.878. The van der Waals surface area contributed by atoms with Crippen LogP contribution in [0.2, 0.25) is 0 Å². The molecular formula is C13H14F3NO2. The van der Waals surface area contributed by atoms with Crippen LogP contribution >= 0.6 is 0 Å². The lowest BCUT2D eigenvalue weighted by atomic mass is 10.0. The first-order valence-corrected chi connectivity index (χ1v) is 5.95. The smallest absolute Gasteiger partial charge is 0.496 e. The minimum Gasteiger partial charge on any atom is -0.496 e. The average molecular weight is 273 g/mol. The molecule has 1 aliphatic carbocycles. The summed E-state index contributed by atoms with van der Waals surface area (Å²) in [4.78, 5) is 0. The maximum Gasteiger partial charge on any atom is 0.573 e. The number of benzene rings is 1. The van der Waals surface area contributed by atoms with E-state index in [4.69, 9.17) is 4.74 Å². The van der Waals surface area contributed by atoms with Gasteiger partial charge in [0.15, 0.2) is 0 Å². The molecule has 0 unspecified atom stereocenters. The molecule has 0 atom stereocenters. The summed E-state index contributed by atoms with van der Waals surface area (Å²) in [6.45, 7) is 2.52. The second kappa shape index (κ2) is 5.42. The van der Waals surface area contributed by atoms with Crippen LogP contribution in [0.5, 0.6) is 5.75 Å². The van der Waals surface area contributed by atoms with E-state index in [1.54, 1.807) is 0 Å². The molecule has 0 heterocycles. The van der Waals surface area contributed by atoms with Crippen molar-refractivity contribution < 1.29 is 22.6 Å². The molecule has 104 valence electrons. The maximum absolute atomic E-state index is 12.0. The Morgan fingerprint density at radius 2 is 1.84 bits per heavy atom. The molecule has 0 saturated heterocycles. The normalized spacial score (nSPS) is 14.9. The molecule has 0 fully saturated rings. The van der Waals surface area contributed by atoms with Crippen LogP contribution in [0.4, 0.5) is 18.9 Å². The van der Waals surface area contributed by atoms with Crippen molar-refractivity contribution in [2.75, 3.05) is 11.9 Å². The van der Waals surface area contributed by atoms with Gasteiger partial charge in [-0.1, -0.05) is 0 Å². The Balaban J connectivity index is 1.98. The van der Waals surface area contributed by atoms with Crippen molar-refractivity contribution in [3.8, 4) is 5.75 Å². The van der Waals surface area contributed by atoms with E-state index in [2.05, 4.69) is 10.1 Å². The fourth-order valence-corrected chi connectivity index (χ4v) is 1.73. The maximum atomic E-state index is 12.0. The van der Waals surface area contributed by atoms with E-state index in [-0.39, 0.29) is 5.75 Å². The number of rotatable bonds is 5. The Kier molecular flexibility index (Phi) is 3.87. The number of ether oxygens (including phenoxy) is 2. The van der Waals surface area contributed by atoms with Crippen molar-refractivity contribution in [3.63, 3.8) is 0 Å². The minimum atomic E-state index is -4.66. The number of alkyl halides is 3. The number of anilines is 1. The third-order valence-electron chi connectivity index (χ3n) is 2.64. The molecule has 0 amide bonds. The monoisotopic (exact) mass is 273 g/mol. The second-order valence-electron chi connectivity index (χ2n) is 4.03. The van der Waals surface area contributed by atoms with E-state index >= 15 is 0 Å². The highest BCUT2D eigenvalue weighted by atomic mass is 19.4. The fourth-order valence-electron chi connectivity index (χ4n) is 1.73. The first-order valence-electron chi connectivity index (χ1n) is 5.95. The van der Waals surface area contributed by atoms with Crippen molar-refractivity contribution in [2.45, 2.75) is 26.1 Å². The molecule has 0 radical (unpaired) electrons. The Bertz CT molecular complexity index is 466. The molecule has 2 rings (SSSR count). The summed E-state index contributed by atoms with van der Waals surface area (Å²) < 4.78 is 45.2. The summed E-state index contributed by atoms with van der Waals surface area (Å²) >= 11 is 0. The number of halogens is 3. The molecule has 0 aliphatic heterocycles. The zero-order valence-electron chi connectivity index (χ0n) is 10.4. The Morgan fingerprint density at radius 1 is 1.16 bits per heavy atom. The van der Waals surface area contributed by atoms with Crippen molar-refractivity contribution in [1.29, 1.82) is 0 Å². The lowest BCUT2D eigenvalue weighted by molar-refractivity contribution is -0.274. The molecule has 1 aliphatic rings. The highest BCUT2D eigenvalue weighted by molar-refractivity contribution is 5.52. The fraction of sp³-hybridized carbons (Fsp3) is 0.385. The van der Waals surface area contributed by atoms with Gasteiger partial charge in [-0.15, -0.1) is 13.2 Å². The second-order valence-corrected chi connectivity index (χ2v) is 4.03. The van der Waals surface area contributed by atoms with E-state index in [0.717, 1.165) is 24.3 Å². The Hall–Kier alpha value is -1.85. The van der Waals surface area contributed by atoms with Gasteiger partial charge in [0.2, 0.25) is 0 Å². The average Bonchev–Trinajstić information content (AvgIpc) is 2.32. The van der Waals surface area contributed by atoms with Gasteiger partial charge < -0.3 is 14.8 Å². The molecule has 3 nitrogen and oxygen atoms in total. The molecule has 1 aromatic rings. The summed E-state index contributed by atoms with van der Waals surface area (Å²) in [5.41, 5.74) is 1.69. The molecule has 1 aromatic carbocycles. The van der Waals surface area contributed by atoms with Crippen LogP contribution in [0.25, 0.3) is 0 Å². The third-order valence-corrected chi connectivity index (χ3v) is 2.64. The predicted molar refractivity (Wildman–Crippen MR) is 64.6 cm³/mol. The highest BCUT2D eigenvalue weighted by Gasteiger charge is 2.31. The molecule has 1 N–H and O–H groups in total. The molecule has 0 bridgehead atoms. The van der Waals surface area contributed by atoms with E-state index in [1.807, 2.05) is 6.92 Å². The van der Waals surface area contributed by atoms with Gasteiger partial charge in [-0.05, 0) is 37.6 Å². The molecule has 0 spiro atoms. The SMILES string of the molecule is CCOC1=C(Nc2ccc(OC(F)(F)F)cc2)CC1. The lowest BCUT2D eigenvalue weighted by Crippen LogP contribution is -2.17. The predicted octanol–water partition coefficient (Wildman–Crippen LogP) is 4.04. The molecular weight excluding hydrogens is 259 g/mol. The summed E-state index contributed by atoms with van der Waals surface area (Å²) in [5, 5.41) is 3.12. The largest absolute Gasteiger partial charge is 0.573 e. The lowest BCUT2D eigenvalue weighted by Gasteiger charge is -2.24. The van der Waals surface area contributed by atoms with Crippen LogP contribution in [0.3, 0.4) is 0 Å². The first-order chi connectivity index (χ1) is 8.98. The van der Waals surface area contributed by atoms with Crippen molar-refractivity contribution in [1.82, 2.24) is 0 Å². The molecule has 0 saturated carbocycles. The third kappa shape index (κ3) is 3.81. The van der Waals surface area contributed by atoms with Gasteiger partial charge >= 0.3 is 6.36 Å². The summed E-state index contributed by atoms with van der Waals surface area (Å²) in [6, 6.07) is 5.62. The van der Waals surface area contributed by atoms with Gasteiger partial charge in [-0.3, -0.25) is 0 Å². The van der Waals surface area contributed by atoms with E-state index in [1.165, 1.54) is 24.3 Å². The number of hydrogen-bond donors (Lipinski definition) is 1. The van der Waals surface area contributed by atoms with Crippen LogP contribution < -0.4 is 10.1 Å². The molecule has 0 aromatic heterocycles. The van der Waals surface area contributed by atoms with Crippen molar-refractivity contribution in [2.24, 2.45) is 0 Å². The van der Waals surface area contributed by atoms with Crippen LogP contribution in [-0.2, 0) is 4.74 Å². The zero-order chi connectivity index (χ0) is 13.9. The Morgan fingerprint density at radius 3 is 2.32 bits per heavy atom. The summed E-state index contributed by atoms with van der Waals surface area (Å²) in [5.74, 6) is 0.684. The van der Waals surface area contributed by atoms with Gasteiger partial charge in [-0.2, -0.15) is 0 Å². The first kappa shape index (κ1) is 13.6. The van der Waals surface area contributed by atoms with Crippen LogP contribution in [0, 0.1) is 0 Å². The molecule has 19 heavy (non-hydrogen) atoms. The number of allylic oxidation sites excluding steroid dienone is 2. The van der Waals surface area contributed by atoms with Gasteiger partial charge in [0.05, 0.1) is 12.3 Å². The van der Waals surface area contributed by atoms with Crippen molar-refractivity contribution >= 4 is 5.69 Å². The van der Waals surface area contributed by atoms with Crippen LogP contribution in [0.1, 0.15) is 19.8 Å². The minimum absolute atomic E-state index is 0.231. The number of nitrogens with one attached hydrogen (secondary N) is 1. The zero-order valence-corrected chi connectivity index (χ0v) is 10.4. The van der Waals surface area contributed by atoms with Crippen LogP contribution in [-0.4, -0.2) is 13.0 Å². The van der Waals surface area contributed by atoms with Crippen LogP contribution in [0.15, 0.2) is 35.7 Å². The van der Waals surface area contributed by atoms with Gasteiger partial charge in [0.1, 0.15) is 11.5 Å². The highest BCUT2D eigenvalue weighted by Crippen LogP contribution is 2.30. The van der Waals surface area contributed by atoms with Crippen molar-refractivity contribution in [3.05, 3.63) is 35.7 Å². The summed E-state index contributed by atoms with van der Waals surface area (Å²) in [6.07, 6.45) is -2.88. The van der Waals surface area contributed by atoms with Gasteiger partial charge in [0.25, 0.3) is 0 Å². The number of hydrogen-bond acceptors (Lipinski definition) is 3. The van der Waals surface area contributed by atoms with E-state index in [0.29, 0.717) is 12.3 Å².